The summed E-state index contributed by atoms with van der Waals surface area (Å²) >= 11 is 0. The molecule has 0 heterocycles. The smallest absolute Gasteiger partial charge is 0.221 e. The highest BCUT2D eigenvalue weighted by Crippen LogP contribution is 2.20. The number of nitrogens with zero attached hydrogens (tertiary/aromatic N) is 1. The van der Waals surface area contributed by atoms with Crippen LogP contribution in [0.15, 0.2) is 0 Å². The highest BCUT2D eigenvalue weighted by Gasteiger charge is 2.17. The molecule has 0 aliphatic heterocycles. The highest BCUT2D eigenvalue weighted by molar-refractivity contribution is 5.76. The molecule has 3 N–H and O–H groups in total. The molecule has 0 radical (unpaired) electrons. The summed E-state index contributed by atoms with van der Waals surface area (Å²) in [5.41, 5.74) is 6.17. The second kappa shape index (κ2) is 9.32. The predicted molar refractivity (Wildman–Crippen MR) is 82.1 cm³/mol. The molecule has 19 heavy (non-hydrogen) atoms. The van der Waals surface area contributed by atoms with Crippen molar-refractivity contribution in [2.24, 2.45) is 11.1 Å². The van der Waals surface area contributed by atoms with Gasteiger partial charge >= 0.3 is 0 Å². The van der Waals surface area contributed by atoms with Crippen LogP contribution in [0.1, 0.15) is 53.9 Å². The first-order chi connectivity index (χ1) is 8.78. The first-order valence-electron chi connectivity index (χ1n) is 7.53. The molecular formula is C15H33N3O. The number of carbonyl (C=O) groups is 1. The van der Waals surface area contributed by atoms with Crippen molar-refractivity contribution in [3.63, 3.8) is 0 Å². The van der Waals surface area contributed by atoms with Crippen molar-refractivity contribution in [1.82, 2.24) is 10.2 Å². The van der Waals surface area contributed by atoms with Crippen LogP contribution in [0, 0.1) is 5.41 Å². The van der Waals surface area contributed by atoms with Crippen molar-refractivity contribution in [2.45, 2.75) is 59.9 Å². The topological polar surface area (TPSA) is 58.4 Å². The normalized spacial score (nSPS) is 13.6. The van der Waals surface area contributed by atoms with E-state index in [1.807, 2.05) is 0 Å². The molecule has 1 atom stereocenters. The van der Waals surface area contributed by atoms with E-state index < -0.39 is 0 Å². The molecule has 4 nitrogen and oxygen atoms in total. The van der Waals surface area contributed by atoms with Crippen LogP contribution in [0.4, 0.5) is 0 Å². The average molecular weight is 271 g/mol. The maximum Gasteiger partial charge on any atom is 0.221 e. The molecule has 0 bridgehead atoms. The van der Waals surface area contributed by atoms with Crippen LogP contribution in [-0.2, 0) is 4.79 Å². The molecule has 0 aromatic carbocycles. The van der Waals surface area contributed by atoms with E-state index in [1.165, 1.54) is 0 Å². The molecular weight excluding hydrogens is 238 g/mol. The Kier molecular flexibility index (Phi) is 9.02. The summed E-state index contributed by atoms with van der Waals surface area (Å²) in [4.78, 5) is 14.1. The van der Waals surface area contributed by atoms with Crippen molar-refractivity contribution >= 4 is 5.91 Å². The summed E-state index contributed by atoms with van der Waals surface area (Å²) in [6.45, 7) is 14.7. The molecule has 0 aromatic heterocycles. The van der Waals surface area contributed by atoms with Crippen LogP contribution in [0.5, 0.6) is 0 Å². The predicted octanol–water partition coefficient (Wildman–Crippen LogP) is 1.99. The molecule has 1 amide bonds. The summed E-state index contributed by atoms with van der Waals surface area (Å²) in [5.74, 6) is 0.0799. The van der Waals surface area contributed by atoms with Gasteiger partial charge in [0, 0.05) is 19.0 Å². The third kappa shape index (κ3) is 11.0. The molecule has 0 rings (SSSR count). The van der Waals surface area contributed by atoms with Crippen LogP contribution in [0.2, 0.25) is 0 Å². The van der Waals surface area contributed by atoms with Crippen LogP contribution in [0.25, 0.3) is 0 Å². The van der Waals surface area contributed by atoms with Crippen molar-refractivity contribution < 1.29 is 4.79 Å². The largest absolute Gasteiger partial charge is 0.356 e. The Hall–Kier alpha value is -0.610. The Balaban J connectivity index is 3.70. The summed E-state index contributed by atoms with van der Waals surface area (Å²) in [6, 6.07) is -0.0391. The van der Waals surface area contributed by atoms with Crippen LogP contribution in [-0.4, -0.2) is 43.0 Å². The Labute approximate surface area is 119 Å². The summed E-state index contributed by atoms with van der Waals surface area (Å²) < 4.78 is 0. The Morgan fingerprint density at radius 2 is 1.84 bits per heavy atom. The van der Waals surface area contributed by atoms with E-state index in [4.69, 9.17) is 5.73 Å². The van der Waals surface area contributed by atoms with Gasteiger partial charge in [-0.2, -0.15) is 0 Å². The second-order valence-corrected chi connectivity index (χ2v) is 6.46. The maximum absolute atomic E-state index is 11.7. The fraction of sp³-hybridized carbons (Fsp3) is 0.933. The van der Waals surface area contributed by atoms with Crippen molar-refractivity contribution in [2.75, 3.05) is 26.2 Å². The fourth-order valence-corrected chi connectivity index (χ4v) is 2.24. The SMILES string of the molecule is CCN(CC)CCCNC(=O)CC(N)CC(C)(C)C. The lowest BCUT2D eigenvalue weighted by Crippen LogP contribution is -2.35. The minimum Gasteiger partial charge on any atom is -0.356 e. The van der Waals surface area contributed by atoms with Crippen molar-refractivity contribution in [1.29, 1.82) is 0 Å². The van der Waals surface area contributed by atoms with Gasteiger partial charge in [0.2, 0.25) is 5.91 Å². The molecule has 0 aliphatic rings. The zero-order chi connectivity index (χ0) is 14.9. The monoisotopic (exact) mass is 271 g/mol. The van der Waals surface area contributed by atoms with Gasteiger partial charge < -0.3 is 16.0 Å². The zero-order valence-electron chi connectivity index (χ0n) is 13.5. The minimum atomic E-state index is -0.0391. The Bertz CT molecular complexity index is 244. The summed E-state index contributed by atoms with van der Waals surface area (Å²) in [5, 5.41) is 2.96. The third-order valence-electron chi connectivity index (χ3n) is 3.19. The molecule has 1 unspecified atom stereocenters. The van der Waals surface area contributed by atoms with Crippen LogP contribution < -0.4 is 11.1 Å². The van der Waals surface area contributed by atoms with E-state index in [2.05, 4.69) is 44.8 Å². The third-order valence-corrected chi connectivity index (χ3v) is 3.19. The number of amides is 1. The molecule has 114 valence electrons. The standard InChI is InChI=1S/C15H33N3O/c1-6-18(7-2)10-8-9-17-14(19)11-13(16)12-15(3,4)5/h13H,6-12,16H2,1-5H3,(H,17,19). The lowest BCUT2D eigenvalue weighted by molar-refractivity contribution is -0.121. The molecule has 0 saturated carbocycles. The highest BCUT2D eigenvalue weighted by atomic mass is 16.1. The average Bonchev–Trinajstić information content (AvgIpc) is 2.26. The van der Waals surface area contributed by atoms with Gasteiger partial charge in [0.05, 0.1) is 0 Å². The zero-order valence-corrected chi connectivity index (χ0v) is 13.5. The number of nitrogens with two attached hydrogens (primary N) is 1. The molecule has 0 saturated heterocycles. The fourth-order valence-electron chi connectivity index (χ4n) is 2.24. The molecule has 4 heteroatoms. The Morgan fingerprint density at radius 3 is 2.32 bits per heavy atom. The van der Waals surface area contributed by atoms with E-state index in [0.29, 0.717) is 6.42 Å². The second-order valence-electron chi connectivity index (χ2n) is 6.46. The van der Waals surface area contributed by atoms with E-state index in [0.717, 1.165) is 39.0 Å². The van der Waals surface area contributed by atoms with Crippen molar-refractivity contribution in [3.8, 4) is 0 Å². The van der Waals surface area contributed by atoms with E-state index in [9.17, 15) is 4.79 Å². The molecule has 0 spiro atoms. The number of rotatable bonds is 9. The lowest BCUT2D eigenvalue weighted by Gasteiger charge is -2.22. The molecule has 0 aromatic rings. The minimum absolute atomic E-state index is 0.0391. The quantitative estimate of drug-likeness (QED) is 0.631. The maximum atomic E-state index is 11.7. The van der Waals surface area contributed by atoms with E-state index >= 15 is 0 Å². The van der Waals surface area contributed by atoms with Gasteiger partial charge in [-0.3, -0.25) is 4.79 Å². The molecule has 0 fully saturated rings. The first-order valence-corrected chi connectivity index (χ1v) is 7.53. The first kappa shape index (κ1) is 18.4. The van der Waals surface area contributed by atoms with E-state index in [1.54, 1.807) is 0 Å². The summed E-state index contributed by atoms with van der Waals surface area (Å²) in [6.07, 6.45) is 2.31. The van der Waals surface area contributed by atoms with Gasteiger partial charge in [-0.05, 0) is 37.9 Å². The van der Waals surface area contributed by atoms with Gasteiger partial charge in [0.1, 0.15) is 0 Å². The summed E-state index contributed by atoms with van der Waals surface area (Å²) in [7, 11) is 0. The van der Waals surface area contributed by atoms with Gasteiger partial charge in [0.15, 0.2) is 0 Å². The van der Waals surface area contributed by atoms with Gasteiger partial charge in [-0.25, -0.2) is 0 Å². The number of hydrogen-bond donors (Lipinski definition) is 2. The lowest BCUT2D eigenvalue weighted by atomic mass is 9.87. The van der Waals surface area contributed by atoms with Gasteiger partial charge in [-0.1, -0.05) is 34.6 Å². The van der Waals surface area contributed by atoms with Gasteiger partial charge in [-0.15, -0.1) is 0 Å². The van der Waals surface area contributed by atoms with Gasteiger partial charge in [0.25, 0.3) is 0 Å². The number of nitrogens with one attached hydrogen (secondary N) is 1. The van der Waals surface area contributed by atoms with Crippen LogP contribution in [0.3, 0.4) is 0 Å². The number of hydrogen-bond acceptors (Lipinski definition) is 3. The Morgan fingerprint density at radius 1 is 1.26 bits per heavy atom. The number of carbonyl (C=O) groups excluding carboxylic acids is 1. The van der Waals surface area contributed by atoms with Crippen LogP contribution >= 0.6 is 0 Å². The molecule has 0 aliphatic carbocycles. The van der Waals surface area contributed by atoms with Crippen molar-refractivity contribution in [3.05, 3.63) is 0 Å². The van der Waals surface area contributed by atoms with E-state index in [-0.39, 0.29) is 17.4 Å².